The van der Waals surface area contributed by atoms with Gasteiger partial charge in [0.05, 0.1) is 0 Å². The minimum Gasteiger partial charge on any atom is -0.320 e. The van der Waals surface area contributed by atoms with Gasteiger partial charge in [-0.2, -0.15) is 0 Å². The Kier molecular flexibility index (Phi) is 10.4. The SMILES string of the molecule is CC(C)CC1CCCCC1.CCCNC. The summed E-state index contributed by atoms with van der Waals surface area (Å²) in [6, 6.07) is 0. The maximum Gasteiger partial charge on any atom is -0.00546 e. The Labute approximate surface area is 97.0 Å². The molecule has 1 heteroatoms. The van der Waals surface area contributed by atoms with Crippen LogP contribution in [-0.4, -0.2) is 13.6 Å². The van der Waals surface area contributed by atoms with Crippen molar-refractivity contribution in [2.45, 2.75) is 65.7 Å². The first-order valence-electron chi connectivity index (χ1n) is 6.85. The Bertz CT molecular complexity index is 113. The lowest BCUT2D eigenvalue weighted by Crippen LogP contribution is -2.08. The van der Waals surface area contributed by atoms with Crippen molar-refractivity contribution >= 4 is 0 Å². The topological polar surface area (TPSA) is 12.0 Å². The molecule has 0 aromatic heterocycles. The van der Waals surface area contributed by atoms with Gasteiger partial charge in [0.1, 0.15) is 0 Å². The Morgan fingerprint density at radius 2 is 1.73 bits per heavy atom. The molecular formula is C14H31N. The van der Waals surface area contributed by atoms with Crippen LogP contribution in [0.2, 0.25) is 0 Å². The van der Waals surface area contributed by atoms with Crippen molar-refractivity contribution in [3.05, 3.63) is 0 Å². The fourth-order valence-electron chi connectivity index (χ4n) is 2.34. The van der Waals surface area contributed by atoms with Gasteiger partial charge in [-0.05, 0) is 38.3 Å². The second-order valence-corrected chi connectivity index (χ2v) is 5.24. The molecule has 0 atom stereocenters. The van der Waals surface area contributed by atoms with Crippen molar-refractivity contribution in [3.63, 3.8) is 0 Å². The van der Waals surface area contributed by atoms with Crippen LogP contribution in [0.15, 0.2) is 0 Å². The zero-order valence-corrected chi connectivity index (χ0v) is 11.3. The van der Waals surface area contributed by atoms with Crippen molar-refractivity contribution in [1.82, 2.24) is 5.32 Å². The first-order valence-corrected chi connectivity index (χ1v) is 6.85. The van der Waals surface area contributed by atoms with Gasteiger partial charge in [-0.1, -0.05) is 52.9 Å². The van der Waals surface area contributed by atoms with Crippen molar-refractivity contribution < 1.29 is 0 Å². The van der Waals surface area contributed by atoms with Crippen molar-refractivity contribution in [2.24, 2.45) is 11.8 Å². The zero-order valence-electron chi connectivity index (χ0n) is 11.3. The Hall–Kier alpha value is -0.0400. The quantitative estimate of drug-likeness (QED) is 0.737. The number of hydrogen-bond acceptors (Lipinski definition) is 1. The van der Waals surface area contributed by atoms with E-state index in [4.69, 9.17) is 0 Å². The van der Waals surface area contributed by atoms with Crippen LogP contribution in [0.3, 0.4) is 0 Å². The van der Waals surface area contributed by atoms with E-state index in [1.807, 2.05) is 7.05 Å². The maximum absolute atomic E-state index is 3.02. The summed E-state index contributed by atoms with van der Waals surface area (Å²) in [7, 11) is 1.96. The third-order valence-corrected chi connectivity index (χ3v) is 3.03. The van der Waals surface area contributed by atoms with E-state index >= 15 is 0 Å². The van der Waals surface area contributed by atoms with Gasteiger partial charge >= 0.3 is 0 Å². The smallest absolute Gasteiger partial charge is 0.00546 e. The average molecular weight is 213 g/mol. The highest BCUT2D eigenvalue weighted by Gasteiger charge is 2.13. The third-order valence-electron chi connectivity index (χ3n) is 3.03. The molecule has 15 heavy (non-hydrogen) atoms. The maximum atomic E-state index is 3.02. The molecule has 0 radical (unpaired) electrons. The highest BCUT2D eigenvalue weighted by atomic mass is 14.8. The van der Waals surface area contributed by atoms with Crippen LogP contribution >= 0.6 is 0 Å². The summed E-state index contributed by atoms with van der Waals surface area (Å²) in [5, 5.41) is 3.02. The molecule has 1 fully saturated rings. The van der Waals surface area contributed by atoms with Gasteiger partial charge in [0.2, 0.25) is 0 Å². The fraction of sp³-hybridized carbons (Fsp3) is 1.00. The van der Waals surface area contributed by atoms with Gasteiger partial charge in [-0.3, -0.25) is 0 Å². The van der Waals surface area contributed by atoms with Crippen LogP contribution in [-0.2, 0) is 0 Å². The summed E-state index contributed by atoms with van der Waals surface area (Å²) in [4.78, 5) is 0. The zero-order chi connectivity index (χ0) is 11.5. The first kappa shape index (κ1) is 15.0. The van der Waals surface area contributed by atoms with Crippen LogP contribution in [0, 0.1) is 11.8 Å². The molecule has 0 heterocycles. The van der Waals surface area contributed by atoms with E-state index in [1.165, 1.54) is 44.9 Å². The van der Waals surface area contributed by atoms with Gasteiger partial charge in [-0.15, -0.1) is 0 Å². The minimum atomic E-state index is 0.920. The molecule has 0 saturated heterocycles. The molecule has 1 saturated carbocycles. The lowest BCUT2D eigenvalue weighted by molar-refractivity contribution is 0.305. The second kappa shape index (κ2) is 10.5. The summed E-state index contributed by atoms with van der Waals surface area (Å²) < 4.78 is 0. The molecular weight excluding hydrogens is 182 g/mol. The Balaban J connectivity index is 0.000000336. The van der Waals surface area contributed by atoms with Crippen LogP contribution in [0.5, 0.6) is 0 Å². The molecule has 1 aliphatic carbocycles. The molecule has 1 rings (SSSR count). The van der Waals surface area contributed by atoms with E-state index in [2.05, 4.69) is 26.1 Å². The molecule has 1 nitrogen and oxygen atoms in total. The lowest BCUT2D eigenvalue weighted by Gasteiger charge is -2.22. The third kappa shape index (κ3) is 10.2. The van der Waals surface area contributed by atoms with Gasteiger partial charge in [0.15, 0.2) is 0 Å². The molecule has 0 aromatic carbocycles. The number of rotatable bonds is 4. The van der Waals surface area contributed by atoms with Crippen LogP contribution in [0.1, 0.15) is 65.7 Å². The summed E-state index contributed by atoms with van der Waals surface area (Å²) in [5.74, 6) is 2.00. The monoisotopic (exact) mass is 213 g/mol. The van der Waals surface area contributed by atoms with E-state index in [0.717, 1.165) is 18.4 Å². The molecule has 1 N–H and O–H groups in total. The van der Waals surface area contributed by atoms with Crippen molar-refractivity contribution in [1.29, 1.82) is 0 Å². The summed E-state index contributed by atoms with van der Waals surface area (Å²) >= 11 is 0. The normalized spacial score (nSPS) is 17.4. The van der Waals surface area contributed by atoms with Gasteiger partial charge in [0.25, 0.3) is 0 Å². The molecule has 0 bridgehead atoms. The fourth-order valence-corrected chi connectivity index (χ4v) is 2.34. The molecule has 0 aliphatic heterocycles. The van der Waals surface area contributed by atoms with Gasteiger partial charge in [-0.25, -0.2) is 0 Å². The highest BCUT2D eigenvalue weighted by Crippen LogP contribution is 2.28. The van der Waals surface area contributed by atoms with E-state index in [-0.39, 0.29) is 0 Å². The van der Waals surface area contributed by atoms with E-state index < -0.39 is 0 Å². The summed E-state index contributed by atoms with van der Waals surface area (Å²) in [6.07, 6.45) is 10.2. The average Bonchev–Trinajstić information content (AvgIpc) is 2.20. The van der Waals surface area contributed by atoms with Crippen LogP contribution < -0.4 is 5.32 Å². The van der Waals surface area contributed by atoms with Crippen LogP contribution in [0.4, 0.5) is 0 Å². The molecule has 0 spiro atoms. The second-order valence-electron chi connectivity index (χ2n) is 5.24. The predicted molar refractivity (Wildman–Crippen MR) is 70.2 cm³/mol. The number of hydrogen-bond donors (Lipinski definition) is 1. The lowest BCUT2D eigenvalue weighted by atomic mass is 9.84. The van der Waals surface area contributed by atoms with Crippen molar-refractivity contribution in [2.75, 3.05) is 13.6 Å². The van der Waals surface area contributed by atoms with Crippen molar-refractivity contribution in [3.8, 4) is 0 Å². The van der Waals surface area contributed by atoms with Gasteiger partial charge in [0, 0.05) is 0 Å². The standard InChI is InChI=1S/C10H20.C4H11N/c1-9(2)8-10-6-4-3-5-7-10;1-3-4-5-2/h9-10H,3-8H2,1-2H3;5H,3-4H2,1-2H3. The predicted octanol–water partition coefficient (Wildman–Crippen LogP) is 4.23. The van der Waals surface area contributed by atoms with E-state index in [9.17, 15) is 0 Å². The van der Waals surface area contributed by atoms with Crippen LogP contribution in [0.25, 0.3) is 0 Å². The highest BCUT2D eigenvalue weighted by molar-refractivity contribution is 4.66. The summed E-state index contributed by atoms with van der Waals surface area (Å²) in [6.45, 7) is 7.97. The largest absolute Gasteiger partial charge is 0.320 e. The minimum absolute atomic E-state index is 0.920. The molecule has 0 amide bonds. The van der Waals surface area contributed by atoms with Gasteiger partial charge < -0.3 is 5.32 Å². The summed E-state index contributed by atoms with van der Waals surface area (Å²) in [5.41, 5.74) is 0. The molecule has 0 aromatic rings. The first-order chi connectivity index (χ1) is 7.20. The van der Waals surface area contributed by atoms with E-state index in [0.29, 0.717) is 0 Å². The Morgan fingerprint density at radius 3 is 2.07 bits per heavy atom. The molecule has 1 aliphatic rings. The molecule has 0 unspecified atom stereocenters. The number of nitrogens with one attached hydrogen (secondary N) is 1. The molecule has 92 valence electrons. The Morgan fingerprint density at radius 1 is 1.13 bits per heavy atom. The van der Waals surface area contributed by atoms with E-state index in [1.54, 1.807) is 0 Å².